The van der Waals surface area contributed by atoms with Gasteiger partial charge >= 0.3 is 0 Å². The van der Waals surface area contributed by atoms with E-state index >= 15 is 0 Å². The normalized spacial score (nSPS) is 11.1. The molecule has 0 aliphatic rings. The topological polar surface area (TPSA) is 0 Å². The van der Waals surface area contributed by atoms with Gasteiger partial charge in [0.2, 0.25) is 0 Å². The van der Waals surface area contributed by atoms with Gasteiger partial charge in [0, 0.05) is 4.90 Å². The first kappa shape index (κ1) is 24.4. The van der Waals surface area contributed by atoms with Gasteiger partial charge in [-0.3, -0.25) is 0 Å². The maximum absolute atomic E-state index is 6.11. The molecular weight excluding hydrogens is 427 g/mol. The van der Waals surface area contributed by atoms with Gasteiger partial charge < -0.3 is 0 Å². The van der Waals surface area contributed by atoms with Crippen molar-refractivity contribution in [3.63, 3.8) is 0 Å². The molecular formula is C32H33BS. The number of hydrogen-bond acceptors (Lipinski definition) is 1. The Morgan fingerprint density at radius 1 is 0.618 bits per heavy atom. The molecule has 0 fully saturated rings. The van der Waals surface area contributed by atoms with E-state index in [0.717, 1.165) is 23.2 Å². The summed E-state index contributed by atoms with van der Waals surface area (Å²) in [6, 6.07) is 26.2. The molecule has 0 spiro atoms. The zero-order valence-electron chi connectivity index (χ0n) is 20.8. The van der Waals surface area contributed by atoms with Crippen molar-refractivity contribution < 1.29 is 0 Å². The van der Waals surface area contributed by atoms with Crippen molar-refractivity contribution in [1.29, 1.82) is 0 Å². The van der Waals surface area contributed by atoms with Gasteiger partial charge in [-0.25, -0.2) is 0 Å². The monoisotopic (exact) mass is 460 g/mol. The largest absolute Gasteiger partial charge is 0.143 e. The van der Waals surface area contributed by atoms with E-state index in [1.54, 1.807) is 0 Å². The van der Waals surface area contributed by atoms with E-state index in [-0.39, 0.29) is 0 Å². The zero-order chi connectivity index (χ0) is 24.2. The summed E-state index contributed by atoms with van der Waals surface area (Å²) in [5.74, 6) is 0. The number of aryl methyl sites for hydroxylation is 4. The Labute approximate surface area is 212 Å². The first-order valence-corrected chi connectivity index (χ1v) is 12.6. The van der Waals surface area contributed by atoms with E-state index in [1.807, 2.05) is 6.07 Å². The second-order valence-corrected chi connectivity index (χ2v) is 10.1. The Bertz CT molecular complexity index is 1180. The van der Waals surface area contributed by atoms with Gasteiger partial charge in [0.15, 0.2) is 0 Å². The van der Waals surface area contributed by atoms with E-state index in [0.29, 0.717) is 0 Å². The molecule has 2 heteroatoms. The highest BCUT2D eigenvalue weighted by molar-refractivity contribution is 7.80. The summed E-state index contributed by atoms with van der Waals surface area (Å²) in [5, 5.41) is 0. The molecule has 4 aromatic rings. The Morgan fingerprint density at radius 3 is 1.62 bits per heavy atom. The standard InChI is InChI=1S/C32H33BS/c1-21-15-27(19-29(33)17-21)31-13-7-11-25(23(31)3)9-5-6-10-26-12-8-14-32(24(26)4)28-16-22(2)18-30(34)20-28/h7-8,11-20,34H,5-6,9-10H2,1-4H3. The molecule has 170 valence electrons. The molecule has 0 aromatic heterocycles. The Morgan fingerprint density at radius 2 is 1.12 bits per heavy atom. The third kappa shape index (κ3) is 5.67. The van der Waals surface area contributed by atoms with Gasteiger partial charge in [-0.15, -0.1) is 12.6 Å². The van der Waals surface area contributed by atoms with E-state index in [1.165, 1.54) is 68.5 Å². The summed E-state index contributed by atoms with van der Waals surface area (Å²) in [6.45, 7) is 8.74. The predicted molar refractivity (Wildman–Crippen MR) is 152 cm³/mol. The number of benzene rings is 4. The van der Waals surface area contributed by atoms with E-state index in [4.69, 9.17) is 7.85 Å². The minimum atomic E-state index is 0.827. The SMILES string of the molecule is [B]c1cc(C)cc(-c2cccc(CCCCc3cccc(-c4cc(C)cc(S)c4)c3C)c2C)c1. The highest BCUT2D eigenvalue weighted by atomic mass is 32.1. The quantitative estimate of drug-likeness (QED) is 0.162. The maximum atomic E-state index is 6.11. The summed E-state index contributed by atoms with van der Waals surface area (Å²) in [6.07, 6.45) is 4.55. The van der Waals surface area contributed by atoms with Crippen molar-refractivity contribution >= 4 is 25.9 Å². The maximum Gasteiger partial charge on any atom is 0.113 e. The summed E-state index contributed by atoms with van der Waals surface area (Å²) in [4.78, 5) is 1.02. The number of hydrogen-bond donors (Lipinski definition) is 1. The van der Waals surface area contributed by atoms with Crippen molar-refractivity contribution in [2.24, 2.45) is 0 Å². The van der Waals surface area contributed by atoms with Crippen LogP contribution in [0, 0.1) is 27.7 Å². The van der Waals surface area contributed by atoms with Crippen LogP contribution in [0.3, 0.4) is 0 Å². The average Bonchev–Trinajstić information content (AvgIpc) is 2.77. The molecule has 0 atom stereocenters. The molecule has 2 radical (unpaired) electrons. The molecule has 0 saturated heterocycles. The minimum Gasteiger partial charge on any atom is -0.143 e. The van der Waals surface area contributed by atoms with Crippen LogP contribution in [-0.4, -0.2) is 7.85 Å². The van der Waals surface area contributed by atoms with Crippen LogP contribution >= 0.6 is 12.6 Å². The van der Waals surface area contributed by atoms with Gasteiger partial charge in [-0.1, -0.05) is 71.7 Å². The fourth-order valence-corrected chi connectivity index (χ4v) is 5.39. The van der Waals surface area contributed by atoms with Gasteiger partial charge in [-0.2, -0.15) is 0 Å². The lowest BCUT2D eigenvalue weighted by atomic mass is 9.87. The molecule has 34 heavy (non-hydrogen) atoms. The van der Waals surface area contributed by atoms with Crippen LogP contribution in [0.1, 0.15) is 46.2 Å². The Hall–Kier alpha value is -2.71. The lowest BCUT2D eigenvalue weighted by Crippen LogP contribution is -2.03. The third-order valence-electron chi connectivity index (χ3n) is 6.82. The molecule has 0 nitrogen and oxygen atoms in total. The van der Waals surface area contributed by atoms with Crippen LogP contribution in [-0.2, 0) is 12.8 Å². The van der Waals surface area contributed by atoms with Crippen LogP contribution < -0.4 is 5.46 Å². The van der Waals surface area contributed by atoms with Crippen molar-refractivity contribution in [3.8, 4) is 22.3 Å². The molecule has 4 aromatic carbocycles. The lowest BCUT2D eigenvalue weighted by molar-refractivity contribution is 0.730. The van der Waals surface area contributed by atoms with Gasteiger partial charge in [0.1, 0.15) is 7.85 Å². The lowest BCUT2D eigenvalue weighted by Gasteiger charge is -2.14. The molecule has 0 heterocycles. The summed E-state index contributed by atoms with van der Waals surface area (Å²) >= 11 is 4.58. The highest BCUT2D eigenvalue weighted by Gasteiger charge is 2.10. The number of unbranched alkanes of at least 4 members (excludes halogenated alkanes) is 1. The van der Waals surface area contributed by atoms with Gasteiger partial charge in [-0.05, 0) is 116 Å². The third-order valence-corrected chi connectivity index (χ3v) is 7.08. The van der Waals surface area contributed by atoms with Gasteiger partial charge in [0.25, 0.3) is 0 Å². The summed E-state index contributed by atoms with van der Waals surface area (Å²) in [5.41, 5.74) is 14.0. The Balaban J connectivity index is 1.44. The molecule has 0 aliphatic heterocycles. The van der Waals surface area contributed by atoms with E-state index in [2.05, 4.69) is 107 Å². The smallest absolute Gasteiger partial charge is 0.113 e. The van der Waals surface area contributed by atoms with Crippen LogP contribution in [0.2, 0.25) is 0 Å². The Kier molecular flexibility index (Phi) is 7.68. The molecule has 0 N–H and O–H groups in total. The van der Waals surface area contributed by atoms with Crippen molar-refractivity contribution in [3.05, 3.63) is 106 Å². The fourth-order valence-electron chi connectivity index (χ4n) is 5.05. The van der Waals surface area contributed by atoms with Crippen LogP contribution in [0.15, 0.2) is 77.7 Å². The van der Waals surface area contributed by atoms with Crippen molar-refractivity contribution in [2.75, 3.05) is 0 Å². The first-order valence-electron chi connectivity index (χ1n) is 12.2. The molecule has 0 aliphatic carbocycles. The number of thiol groups is 1. The van der Waals surface area contributed by atoms with E-state index < -0.39 is 0 Å². The molecule has 4 rings (SSSR count). The fraction of sp³-hybridized carbons (Fsp3) is 0.250. The van der Waals surface area contributed by atoms with Crippen molar-refractivity contribution in [1.82, 2.24) is 0 Å². The second kappa shape index (κ2) is 10.7. The van der Waals surface area contributed by atoms with Gasteiger partial charge in [0.05, 0.1) is 0 Å². The van der Waals surface area contributed by atoms with Crippen molar-refractivity contribution in [2.45, 2.75) is 58.3 Å². The molecule has 0 unspecified atom stereocenters. The molecule has 0 amide bonds. The minimum absolute atomic E-state index is 0.827. The van der Waals surface area contributed by atoms with Crippen LogP contribution in [0.4, 0.5) is 0 Å². The van der Waals surface area contributed by atoms with Crippen LogP contribution in [0.25, 0.3) is 22.3 Å². The predicted octanol–water partition coefficient (Wildman–Crippen LogP) is 7.90. The summed E-state index contributed by atoms with van der Waals surface area (Å²) < 4.78 is 0. The van der Waals surface area contributed by atoms with E-state index in [9.17, 15) is 0 Å². The number of rotatable bonds is 7. The summed E-state index contributed by atoms with van der Waals surface area (Å²) in [7, 11) is 6.11. The molecule has 0 bridgehead atoms. The average molecular weight is 460 g/mol. The highest BCUT2D eigenvalue weighted by Crippen LogP contribution is 2.30. The zero-order valence-corrected chi connectivity index (χ0v) is 21.7. The second-order valence-electron chi connectivity index (χ2n) is 9.58. The van der Waals surface area contributed by atoms with Crippen LogP contribution in [0.5, 0.6) is 0 Å². The molecule has 0 saturated carbocycles. The first-order chi connectivity index (χ1) is 16.3.